The van der Waals surface area contributed by atoms with Gasteiger partial charge in [-0.05, 0) is 59.6 Å². The largest absolute Gasteiger partial charge is 0.444 e. The van der Waals surface area contributed by atoms with E-state index in [1.807, 2.05) is 45.9 Å². The molecule has 8 heteroatoms. The summed E-state index contributed by atoms with van der Waals surface area (Å²) in [5, 5.41) is 14.9. The van der Waals surface area contributed by atoms with Gasteiger partial charge in [0.25, 0.3) is 0 Å². The molecule has 2 unspecified atom stereocenters. The highest BCUT2D eigenvalue weighted by Gasteiger charge is 2.34. The smallest absolute Gasteiger partial charge is 0.408 e. The fraction of sp³-hybridized carbons (Fsp3) is 0.591. The van der Waals surface area contributed by atoms with Gasteiger partial charge in [0.2, 0.25) is 11.8 Å². The number of amides is 3. The first-order valence-electron chi connectivity index (χ1n) is 10.0. The van der Waals surface area contributed by atoms with Crippen LogP contribution in [0.4, 0.5) is 4.79 Å². The molecule has 1 aromatic rings. The molecule has 3 N–H and O–H groups in total. The summed E-state index contributed by atoms with van der Waals surface area (Å²) in [6.07, 6.45) is -0.821. The summed E-state index contributed by atoms with van der Waals surface area (Å²) in [7, 11) is 1.48. The van der Waals surface area contributed by atoms with Crippen LogP contribution in [0, 0.1) is 13.8 Å². The van der Waals surface area contributed by atoms with Crippen molar-refractivity contribution >= 4 is 17.9 Å². The molecule has 30 heavy (non-hydrogen) atoms. The molecule has 0 spiro atoms. The Bertz CT molecular complexity index is 771. The summed E-state index contributed by atoms with van der Waals surface area (Å²) >= 11 is 0. The molecule has 0 aromatic heterocycles. The second kappa shape index (κ2) is 10.4. The van der Waals surface area contributed by atoms with Crippen LogP contribution < -0.4 is 10.6 Å². The first kappa shape index (κ1) is 25.4. The Hall–Kier alpha value is -2.61. The molecular formula is C22H35N3O5. The zero-order valence-electron chi connectivity index (χ0n) is 19.2. The van der Waals surface area contributed by atoms with E-state index in [-0.39, 0.29) is 11.9 Å². The first-order chi connectivity index (χ1) is 13.8. The zero-order valence-corrected chi connectivity index (χ0v) is 19.2. The average Bonchev–Trinajstić information content (AvgIpc) is 2.60. The number of aryl methyl sites for hydroxylation is 2. The summed E-state index contributed by atoms with van der Waals surface area (Å²) in [5.74, 6) is -0.948. The van der Waals surface area contributed by atoms with Crippen molar-refractivity contribution in [3.05, 3.63) is 34.9 Å². The summed E-state index contributed by atoms with van der Waals surface area (Å²) in [6.45, 7) is 11.9. The summed E-state index contributed by atoms with van der Waals surface area (Å²) < 4.78 is 5.17. The molecule has 0 heterocycles. The minimum Gasteiger partial charge on any atom is -0.444 e. The third-order valence-electron chi connectivity index (χ3n) is 4.32. The molecule has 0 radical (unpaired) electrons. The Labute approximate surface area is 179 Å². The van der Waals surface area contributed by atoms with Crippen LogP contribution in [0.1, 0.15) is 57.4 Å². The number of nitrogens with one attached hydrogen (secondary N) is 2. The molecule has 168 valence electrons. The van der Waals surface area contributed by atoms with Crippen molar-refractivity contribution in [2.75, 3.05) is 13.7 Å². The number of aliphatic hydroxyl groups is 1. The third kappa shape index (κ3) is 7.33. The van der Waals surface area contributed by atoms with E-state index in [4.69, 9.17) is 4.74 Å². The van der Waals surface area contributed by atoms with Gasteiger partial charge >= 0.3 is 6.09 Å². The molecule has 1 rings (SSSR count). The number of benzene rings is 1. The zero-order chi connectivity index (χ0) is 23.2. The van der Waals surface area contributed by atoms with Crippen LogP contribution in [-0.4, -0.2) is 59.3 Å². The number of hydrogen-bond donors (Lipinski definition) is 3. The maximum absolute atomic E-state index is 13.1. The number of ether oxygens (including phenoxy) is 1. The molecule has 8 nitrogen and oxygen atoms in total. The van der Waals surface area contributed by atoms with Crippen LogP contribution in [0.25, 0.3) is 0 Å². The molecule has 2 atom stereocenters. The summed E-state index contributed by atoms with van der Waals surface area (Å²) in [6, 6.07) is 3.39. The van der Waals surface area contributed by atoms with E-state index in [1.165, 1.54) is 11.9 Å². The Morgan fingerprint density at radius 1 is 1.13 bits per heavy atom. The van der Waals surface area contributed by atoms with E-state index >= 15 is 0 Å². The quantitative estimate of drug-likeness (QED) is 0.626. The predicted molar refractivity (Wildman–Crippen MR) is 115 cm³/mol. The summed E-state index contributed by atoms with van der Waals surface area (Å²) in [4.78, 5) is 39.4. The standard InChI is InChI=1S/C22H35N3O5/c1-13(2)23-19(27)18(16-11-14(3)9-10-15(16)4)25(8)20(28)17(12-26)24-21(29)30-22(5,6)7/h9-11,13,17-18,26H,12H2,1-8H3,(H,23,27)(H,24,29). The lowest BCUT2D eigenvalue weighted by molar-refractivity contribution is -0.141. The van der Waals surface area contributed by atoms with Gasteiger partial charge in [-0.15, -0.1) is 0 Å². The maximum Gasteiger partial charge on any atom is 0.408 e. The molecule has 0 aliphatic heterocycles. The number of nitrogens with zero attached hydrogens (tertiary/aromatic N) is 1. The van der Waals surface area contributed by atoms with Gasteiger partial charge in [-0.2, -0.15) is 0 Å². The van der Waals surface area contributed by atoms with Gasteiger partial charge in [-0.3, -0.25) is 9.59 Å². The van der Waals surface area contributed by atoms with Crippen molar-refractivity contribution in [2.45, 2.75) is 72.2 Å². The van der Waals surface area contributed by atoms with Gasteiger partial charge in [0.05, 0.1) is 6.61 Å². The van der Waals surface area contributed by atoms with Crippen LogP contribution >= 0.6 is 0 Å². The van der Waals surface area contributed by atoms with Gasteiger partial charge in [0.1, 0.15) is 17.7 Å². The lowest BCUT2D eigenvalue weighted by atomic mass is 9.96. The molecular weight excluding hydrogens is 386 g/mol. The second-order valence-electron chi connectivity index (χ2n) is 8.76. The van der Waals surface area contributed by atoms with Crippen molar-refractivity contribution in [3.63, 3.8) is 0 Å². The number of aliphatic hydroxyl groups excluding tert-OH is 1. The van der Waals surface area contributed by atoms with Gasteiger partial charge in [-0.1, -0.05) is 23.8 Å². The second-order valence-corrected chi connectivity index (χ2v) is 8.76. The Morgan fingerprint density at radius 3 is 2.23 bits per heavy atom. The van der Waals surface area contributed by atoms with E-state index in [0.29, 0.717) is 5.56 Å². The van der Waals surface area contributed by atoms with E-state index in [0.717, 1.165) is 11.1 Å². The highest BCUT2D eigenvalue weighted by atomic mass is 16.6. The normalized spacial score (nSPS) is 13.4. The first-order valence-corrected chi connectivity index (χ1v) is 10.0. The highest BCUT2D eigenvalue weighted by molar-refractivity contribution is 5.92. The SMILES string of the molecule is Cc1ccc(C)c(C(C(=O)NC(C)C)N(C)C(=O)C(CO)NC(=O)OC(C)(C)C)c1. The number of carbonyl (C=O) groups is 3. The molecule has 3 amide bonds. The number of hydrogen-bond acceptors (Lipinski definition) is 5. The molecule has 1 aromatic carbocycles. The van der Waals surface area contributed by atoms with Crippen molar-refractivity contribution in [1.29, 1.82) is 0 Å². The minimum absolute atomic E-state index is 0.123. The van der Waals surface area contributed by atoms with Crippen molar-refractivity contribution in [3.8, 4) is 0 Å². The van der Waals surface area contributed by atoms with Gasteiger partial charge in [-0.25, -0.2) is 4.79 Å². The number of alkyl carbamates (subject to hydrolysis) is 1. The highest BCUT2D eigenvalue weighted by Crippen LogP contribution is 2.25. The molecule has 0 aliphatic carbocycles. The van der Waals surface area contributed by atoms with Crippen LogP contribution in [0.15, 0.2) is 18.2 Å². The van der Waals surface area contributed by atoms with Crippen LogP contribution in [-0.2, 0) is 14.3 Å². The monoisotopic (exact) mass is 421 g/mol. The van der Waals surface area contributed by atoms with Gasteiger partial charge < -0.3 is 25.4 Å². The van der Waals surface area contributed by atoms with Crippen LogP contribution in [0.2, 0.25) is 0 Å². The van der Waals surface area contributed by atoms with E-state index in [1.54, 1.807) is 20.8 Å². The van der Waals surface area contributed by atoms with E-state index < -0.39 is 36.3 Å². The van der Waals surface area contributed by atoms with Crippen molar-refractivity contribution in [1.82, 2.24) is 15.5 Å². The molecule has 0 fully saturated rings. The lowest BCUT2D eigenvalue weighted by Gasteiger charge is -2.32. The van der Waals surface area contributed by atoms with Gasteiger partial charge in [0.15, 0.2) is 0 Å². The number of carbonyl (C=O) groups excluding carboxylic acids is 3. The average molecular weight is 422 g/mol. The molecule has 0 saturated carbocycles. The Morgan fingerprint density at radius 2 is 1.73 bits per heavy atom. The Balaban J connectivity index is 3.22. The van der Waals surface area contributed by atoms with E-state index in [9.17, 15) is 19.5 Å². The van der Waals surface area contributed by atoms with Crippen molar-refractivity contribution < 1.29 is 24.2 Å². The molecule has 0 bridgehead atoms. The van der Waals surface area contributed by atoms with Crippen LogP contribution in [0.5, 0.6) is 0 Å². The molecule has 0 aliphatic rings. The summed E-state index contributed by atoms with van der Waals surface area (Å²) in [5.41, 5.74) is 1.73. The number of likely N-dealkylation sites (N-methyl/N-ethyl adjacent to an activating group) is 1. The van der Waals surface area contributed by atoms with Gasteiger partial charge in [0, 0.05) is 13.1 Å². The Kier molecular flexibility index (Phi) is 8.84. The topological polar surface area (TPSA) is 108 Å². The number of rotatable bonds is 7. The van der Waals surface area contributed by atoms with Crippen LogP contribution in [0.3, 0.4) is 0 Å². The lowest BCUT2D eigenvalue weighted by Crippen LogP contribution is -2.53. The molecule has 0 saturated heterocycles. The fourth-order valence-corrected chi connectivity index (χ4v) is 2.95. The third-order valence-corrected chi connectivity index (χ3v) is 4.32. The maximum atomic E-state index is 13.1. The minimum atomic E-state index is -1.25. The van der Waals surface area contributed by atoms with E-state index in [2.05, 4.69) is 10.6 Å². The fourth-order valence-electron chi connectivity index (χ4n) is 2.95. The van der Waals surface area contributed by atoms with Crippen molar-refractivity contribution in [2.24, 2.45) is 0 Å². The predicted octanol–water partition coefficient (Wildman–Crippen LogP) is 2.21.